The average molecular weight is 346 g/mol. The van der Waals surface area contributed by atoms with Crippen molar-refractivity contribution in [2.75, 3.05) is 21.3 Å². The minimum absolute atomic E-state index is 0.0986. The Kier molecular flexibility index (Phi) is 3.88. The van der Waals surface area contributed by atoms with Gasteiger partial charge in [0.25, 0.3) is 0 Å². The SMILES string of the molecule is COC1=Cc2cccc3cc(-c4ccc(OC)c(OC)c4)cc(c23)C1=O. The molecule has 0 bridgehead atoms. The van der Waals surface area contributed by atoms with Crippen molar-refractivity contribution in [2.24, 2.45) is 0 Å². The van der Waals surface area contributed by atoms with Gasteiger partial charge in [0.05, 0.1) is 21.3 Å². The van der Waals surface area contributed by atoms with Gasteiger partial charge in [-0.3, -0.25) is 4.79 Å². The highest BCUT2D eigenvalue weighted by Crippen LogP contribution is 2.37. The zero-order valence-corrected chi connectivity index (χ0v) is 14.8. The maximum absolute atomic E-state index is 12.8. The predicted octanol–water partition coefficient (Wildman–Crippen LogP) is 4.71. The van der Waals surface area contributed by atoms with Gasteiger partial charge in [0.1, 0.15) is 0 Å². The van der Waals surface area contributed by atoms with Crippen LogP contribution in [0.1, 0.15) is 15.9 Å². The first kappa shape index (κ1) is 16.2. The number of ether oxygens (including phenoxy) is 3. The van der Waals surface area contributed by atoms with Crippen molar-refractivity contribution < 1.29 is 19.0 Å². The average Bonchev–Trinajstić information content (AvgIpc) is 2.69. The molecular formula is C22H18O4. The summed E-state index contributed by atoms with van der Waals surface area (Å²) < 4.78 is 16.0. The Hall–Kier alpha value is -3.27. The fourth-order valence-electron chi connectivity index (χ4n) is 3.43. The van der Waals surface area contributed by atoms with E-state index in [9.17, 15) is 4.79 Å². The lowest BCUT2D eigenvalue weighted by Gasteiger charge is -2.18. The van der Waals surface area contributed by atoms with E-state index in [4.69, 9.17) is 14.2 Å². The van der Waals surface area contributed by atoms with Crippen LogP contribution in [0.2, 0.25) is 0 Å². The van der Waals surface area contributed by atoms with E-state index in [1.54, 1.807) is 20.3 Å². The molecule has 0 heterocycles. The Labute approximate surface area is 151 Å². The molecule has 0 atom stereocenters. The monoisotopic (exact) mass is 346 g/mol. The van der Waals surface area contributed by atoms with E-state index in [0.717, 1.165) is 27.5 Å². The van der Waals surface area contributed by atoms with E-state index in [1.807, 2.05) is 42.5 Å². The summed E-state index contributed by atoms with van der Waals surface area (Å²) in [5.74, 6) is 1.57. The summed E-state index contributed by atoms with van der Waals surface area (Å²) in [5, 5.41) is 1.98. The summed E-state index contributed by atoms with van der Waals surface area (Å²) in [6.07, 6.45) is 1.80. The number of benzene rings is 3. The summed E-state index contributed by atoms with van der Waals surface area (Å²) in [6.45, 7) is 0. The van der Waals surface area contributed by atoms with Gasteiger partial charge in [0.15, 0.2) is 17.3 Å². The summed E-state index contributed by atoms with van der Waals surface area (Å²) in [6, 6.07) is 15.7. The van der Waals surface area contributed by atoms with Crippen molar-refractivity contribution >= 4 is 22.6 Å². The second kappa shape index (κ2) is 6.23. The van der Waals surface area contributed by atoms with E-state index in [-0.39, 0.29) is 5.78 Å². The number of allylic oxidation sites excluding steroid dienone is 1. The molecule has 4 nitrogen and oxygen atoms in total. The van der Waals surface area contributed by atoms with Crippen LogP contribution in [0.3, 0.4) is 0 Å². The Morgan fingerprint density at radius 3 is 2.31 bits per heavy atom. The van der Waals surface area contributed by atoms with Crippen LogP contribution in [0, 0.1) is 0 Å². The van der Waals surface area contributed by atoms with Gasteiger partial charge in [-0.15, -0.1) is 0 Å². The van der Waals surface area contributed by atoms with Crippen LogP contribution in [0.4, 0.5) is 0 Å². The maximum Gasteiger partial charge on any atom is 0.228 e. The van der Waals surface area contributed by atoms with Gasteiger partial charge in [0.2, 0.25) is 5.78 Å². The van der Waals surface area contributed by atoms with E-state index >= 15 is 0 Å². The first-order valence-corrected chi connectivity index (χ1v) is 8.26. The smallest absolute Gasteiger partial charge is 0.228 e. The molecule has 26 heavy (non-hydrogen) atoms. The molecular weight excluding hydrogens is 328 g/mol. The highest BCUT2D eigenvalue weighted by atomic mass is 16.5. The van der Waals surface area contributed by atoms with Gasteiger partial charge < -0.3 is 14.2 Å². The molecule has 130 valence electrons. The topological polar surface area (TPSA) is 44.8 Å². The lowest BCUT2D eigenvalue weighted by molar-refractivity contribution is 0.0957. The molecule has 0 spiro atoms. The van der Waals surface area contributed by atoms with Crippen LogP contribution in [-0.2, 0) is 4.74 Å². The number of methoxy groups -OCH3 is 3. The van der Waals surface area contributed by atoms with Crippen molar-refractivity contribution in [1.82, 2.24) is 0 Å². The molecule has 4 rings (SSSR count). The summed E-state index contributed by atoms with van der Waals surface area (Å²) in [5.41, 5.74) is 3.54. The zero-order valence-electron chi connectivity index (χ0n) is 14.8. The third-order valence-corrected chi connectivity index (χ3v) is 4.70. The zero-order chi connectivity index (χ0) is 18.3. The highest BCUT2D eigenvalue weighted by Gasteiger charge is 2.23. The van der Waals surface area contributed by atoms with Gasteiger partial charge in [-0.2, -0.15) is 0 Å². The van der Waals surface area contributed by atoms with Crippen LogP contribution in [0.15, 0.2) is 54.3 Å². The number of carbonyl (C=O) groups is 1. The summed E-state index contributed by atoms with van der Waals surface area (Å²) in [7, 11) is 4.74. The number of rotatable bonds is 4. The van der Waals surface area contributed by atoms with Gasteiger partial charge >= 0.3 is 0 Å². The molecule has 0 unspecified atom stereocenters. The van der Waals surface area contributed by atoms with Crippen LogP contribution in [0.5, 0.6) is 11.5 Å². The fraction of sp³-hybridized carbons (Fsp3) is 0.136. The number of carbonyl (C=O) groups excluding carboxylic acids is 1. The molecule has 0 saturated heterocycles. The molecule has 4 heteroatoms. The normalized spacial score (nSPS) is 12.7. The molecule has 3 aromatic carbocycles. The first-order valence-electron chi connectivity index (χ1n) is 8.26. The molecule has 1 aliphatic rings. The first-order chi connectivity index (χ1) is 12.7. The van der Waals surface area contributed by atoms with Crippen molar-refractivity contribution in [2.45, 2.75) is 0 Å². The molecule has 3 aromatic rings. The maximum atomic E-state index is 12.8. The summed E-state index contributed by atoms with van der Waals surface area (Å²) >= 11 is 0. The minimum atomic E-state index is -0.0986. The quantitative estimate of drug-likeness (QED) is 0.686. The molecule has 0 aromatic heterocycles. The Morgan fingerprint density at radius 1 is 0.769 bits per heavy atom. The van der Waals surface area contributed by atoms with Gasteiger partial charge in [-0.1, -0.05) is 24.3 Å². The van der Waals surface area contributed by atoms with Gasteiger partial charge in [0, 0.05) is 10.9 Å². The molecule has 0 saturated carbocycles. The molecule has 0 fully saturated rings. The molecule has 0 radical (unpaired) electrons. The largest absolute Gasteiger partial charge is 0.493 e. The standard InChI is InChI=1S/C22H18O4/c1-24-18-8-7-13(11-19(18)25-2)16-9-14-5-4-6-15-12-20(26-3)22(23)17(10-16)21(14)15/h4-12H,1-3H3. The number of hydrogen-bond donors (Lipinski definition) is 0. The molecule has 0 aliphatic heterocycles. The number of hydrogen-bond acceptors (Lipinski definition) is 4. The highest BCUT2D eigenvalue weighted by molar-refractivity contribution is 6.22. The molecule has 0 N–H and O–H groups in total. The number of Topliss-reactive ketones (excluding diaryl/α,β-unsaturated/α-hetero) is 1. The van der Waals surface area contributed by atoms with Crippen molar-refractivity contribution in [3.05, 3.63) is 65.4 Å². The summed E-state index contributed by atoms with van der Waals surface area (Å²) in [4.78, 5) is 12.8. The fourth-order valence-corrected chi connectivity index (χ4v) is 3.43. The molecule has 1 aliphatic carbocycles. The van der Waals surface area contributed by atoms with Crippen molar-refractivity contribution in [3.63, 3.8) is 0 Å². The molecule has 0 amide bonds. The van der Waals surface area contributed by atoms with E-state index in [1.165, 1.54) is 7.11 Å². The Balaban J connectivity index is 1.95. The van der Waals surface area contributed by atoms with Gasteiger partial charge in [-0.05, 0) is 52.4 Å². The second-order valence-corrected chi connectivity index (χ2v) is 6.08. The third kappa shape index (κ3) is 2.42. The second-order valence-electron chi connectivity index (χ2n) is 6.08. The third-order valence-electron chi connectivity index (χ3n) is 4.70. The van der Waals surface area contributed by atoms with E-state index < -0.39 is 0 Å². The lowest BCUT2D eigenvalue weighted by atomic mass is 9.88. The van der Waals surface area contributed by atoms with Crippen LogP contribution >= 0.6 is 0 Å². The van der Waals surface area contributed by atoms with Crippen LogP contribution < -0.4 is 9.47 Å². The lowest BCUT2D eigenvalue weighted by Crippen LogP contribution is -2.10. The number of ketones is 1. The predicted molar refractivity (Wildman–Crippen MR) is 102 cm³/mol. The van der Waals surface area contributed by atoms with Crippen molar-refractivity contribution in [1.29, 1.82) is 0 Å². The van der Waals surface area contributed by atoms with Gasteiger partial charge in [-0.25, -0.2) is 0 Å². The van der Waals surface area contributed by atoms with E-state index in [2.05, 4.69) is 6.07 Å². The van der Waals surface area contributed by atoms with Crippen LogP contribution in [0.25, 0.3) is 28.0 Å². The Morgan fingerprint density at radius 2 is 1.58 bits per heavy atom. The van der Waals surface area contributed by atoms with E-state index in [0.29, 0.717) is 22.8 Å². The van der Waals surface area contributed by atoms with Crippen LogP contribution in [-0.4, -0.2) is 27.1 Å². The van der Waals surface area contributed by atoms with Crippen molar-refractivity contribution in [3.8, 4) is 22.6 Å². The Bertz CT molecular complexity index is 1060. The minimum Gasteiger partial charge on any atom is -0.493 e.